The number of rotatable bonds is 8. The summed E-state index contributed by atoms with van der Waals surface area (Å²) in [6, 6.07) is 19.6. The number of carbonyl (C=O) groups is 3. The topological polar surface area (TPSA) is 118 Å². The Bertz CT molecular complexity index is 1240. The number of hydrogen-bond acceptors (Lipinski definition) is 5. The predicted octanol–water partition coefficient (Wildman–Crippen LogP) is 3.97. The van der Waals surface area contributed by atoms with Crippen molar-refractivity contribution >= 4 is 23.7 Å². The van der Waals surface area contributed by atoms with Crippen LogP contribution in [0.1, 0.15) is 35.6 Å². The number of amides is 2. The Balaban J connectivity index is 1.13. The van der Waals surface area contributed by atoms with Crippen LogP contribution in [0.4, 0.5) is 10.5 Å². The molecule has 2 aliphatic carbocycles. The molecule has 1 heterocycles. The van der Waals surface area contributed by atoms with Crippen LogP contribution in [0, 0.1) is 5.41 Å². The minimum absolute atomic E-state index is 0.0249. The van der Waals surface area contributed by atoms with Crippen LogP contribution >= 0.6 is 0 Å². The summed E-state index contributed by atoms with van der Waals surface area (Å²) in [7, 11) is 0. The van der Waals surface area contributed by atoms with E-state index in [0.717, 1.165) is 22.3 Å². The number of aliphatic carboxylic acids is 1. The maximum absolute atomic E-state index is 12.4. The average Bonchev–Trinajstić information content (AvgIpc) is 3.60. The summed E-state index contributed by atoms with van der Waals surface area (Å²) < 4.78 is 5.54. The minimum Gasteiger partial charge on any atom is -0.481 e. The van der Waals surface area contributed by atoms with E-state index in [9.17, 15) is 19.5 Å². The number of hydrogen-bond donors (Lipinski definition) is 3. The Morgan fingerprint density at radius 3 is 2.20 bits per heavy atom. The van der Waals surface area contributed by atoms with Gasteiger partial charge in [-0.05, 0) is 47.2 Å². The minimum atomic E-state index is -0.875. The number of aromatic nitrogens is 1. The normalized spacial score (nSPS) is 15.0. The molecule has 0 spiro atoms. The molecule has 8 nitrogen and oxygen atoms in total. The highest BCUT2D eigenvalue weighted by Crippen LogP contribution is 2.45. The highest BCUT2D eigenvalue weighted by Gasteiger charge is 2.50. The summed E-state index contributed by atoms with van der Waals surface area (Å²) in [4.78, 5) is 40.0. The smallest absolute Gasteiger partial charge is 0.411 e. The second-order valence-electron chi connectivity index (χ2n) is 9.03. The van der Waals surface area contributed by atoms with Crippen molar-refractivity contribution in [3.05, 3.63) is 83.7 Å². The van der Waals surface area contributed by atoms with Crippen molar-refractivity contribution in [2.24, 2.45) is 5.41 Å². The number of nitrogens with zero attached hydrogens (tertiary/aromatic N) is 1. The van der Waals surface area contributed by atoms with Crippen LogP contribution in [0.25, 0.3) is 11.1 Å². The van der Waals surface area contributed by atoms with E-state index in [4.69, 9.17) is 4.74 Å². The molecule has 2 amide bonds. The molecule has 0 radical (unpaired) electrons. The van der Waals surface area contributed by atoms with Crippen LogP contribution in [0.3, 0.4) is 0 Å². The first-order valence-corrected chi connectivity index (χ1v) is 11.5. The molecule has 1 fully saturated rings. The zero-order chi connectivity index (χ0) is 24.4. The lowest BCUT2D eigenvalue weighted by molar-refractivity contribution is -0.143. The number of benzene rings is 2. The van der Waals surface area contributed by atoms with Crippen LogP contribution in [0.2, 0.25) is 0 Å². The van der Waals surface area contributed by atoms with Crippen molar-refractivity contribution in [3.8, 4) is 11.1 Å². The van der Waals surface area contributed by atoms with Gasteiger partial charge in [0.05, 0.1) is 23.7 Å². The van der Waals surface area contributed by atoms with Crippen LogP contribution in [-0.2, 0) is 20.7 Å². The summed E-state index contributed by atoms with van der Waals surface area (Å²) in [5, 5.41) is 14.5. The van der Waals surface area contributed by atoms with Gasteiger partial charge in [0.25, 0.3) is 0 Å². The second kappa shape index (κ2) is 9.21. The highest BCUT2D eigenvalue weighted by atomic mass is 16.5. The van der Waals surface area contributed by atoms with E-state index in [1.807, 2.05) is 24.3 Å². The molecule has 0 bridgehead atoms. The molecule has 5 rings (SSSR count). The maximum atomic E-state index is 12.4. The standard InChI is InChI=1S/C27H25N3O5/c31-24(29-16-27(11-12-27)25(32)33)13-17-9-10-18(14-28-17)30-26(34)35-15-23-21-7-3-1-5-19(21)20-6-2-4-8-22(20)23/h1-10,14,23H,11-13,15-16H2,(H,29,31)(H,30,34)(H,32,33). The van der Waals surface area contributed by atoms with Gasteiger partial charge in [-0.1, -0.05) is 48.5 Å². The Labute approximate surface area is 202 Å². The van der Waals surface area contributed by atoms with Gasteiger partial charge >= 0.3 is 12.1 Å². The fourth-order valence-electron chi connectivity index (χ4n) is 4.47. The molecular weight excluding hydrogens is 446 g/mol. The van der Waals surface area contributed by atoms with Gasteiger partial charge in [-0.15, -0.1) is 0 Å². The molecule has 1 saturated carbocycles. The first-order chi connectivity index (χ1) is 16.9. The van der Waals surface area contributed by atoms with Gasteiger partial charge in [0.2, 0.25) is 5.91 Å². The molecular formula is C27H25N3O5. The van der Waals surface area contributed by atoms with E-state index < -0.39 is 17.5 Å². The molecule has 2 aromatic carbocycles. The monoisotopic (exact) mass is 471 g/mol. The fraction of sp³-hybridized carbons (Fsp3) is 0.259. The second-order valence-corrected chi connectivity index (χ2v) is 9.03. The van der Waals surface area contributed by atoms with E-state index in [2.05, 4.69) is 39.9 Å². The van der Waals surface area contributed by atoms with E-state index in [-0.39, 0.29) is 31.4 Å². The Hall–Kier alpha value is -4.20. The van der Waals surface area contributed by atoms with Gasteiger partial charge in [-0.3, -0.25) is 19.9 Å². The average molecular weight is 472 g/mol. The van der Waals surface area contributed by atoms with Crippen molar-refractivity contribution in [3.63, 3.8) is 0 Å². The van der Waals surface area contributed by atoms with Crippen molar-refractivity contribution in [2.45, 2.75) is 25.2 Å². The molecule has 3 N–H and O–H groups in total. The first kappa shape index (κ1) is 22.6. The number of nitrogens with one attached hydrogen (secondary N) is 2. The largest absolute Gasteiger partial charge is 0.481 e. The fourth-order valence-corrected chi connectivity index (χ4v) is 4.47. The number of carbonyl (C=O) groups excluding carboxylic acids is 2. The molecule has 8 heteroatoms. The third-order valence-electron chi connectivity index (χ3n) is 6.69. The zero-order valence-corrected chi connectivity index (χ0v) is 19.0. The highest BCUT2D eigenvalue weighted by molar-refractivity contribution is 5.85. The molecule has 178 valence electrons. The summed E-state index contributed by atoms with van der Waals surface area (Å²) in [5.74, 6) is -1.19. The van der Waals surface area contributed by atoms with Crippen molar-refractivity contribution in [1.29, 1.82) is 0 Å². The van der Waals surface area contributed by atoms with Gasteiger partial charge in [0.1, 0.15) is 6.61 Å². The molecule has 1 aromatic heterocycles. The number of pyridine rings is 1. The summed E-state index contributed by atoms with van der Waals surface area (Å²) >= 11 is 0. The van der Waals surface area contributed by atoms with Gasteiger partial charge in [0.15, 0.2) is 0 Å². The van der Waals surface area contributed by atoms with E-state index in [0.29, 0.717) is 24.2 Å². The van der Waals surface area contributed by atoms with Gasteiger partial charge < -0.3 is 15.2 Å². The SMILES string of the molecule is O=C(Cc1ccc(NC(=O)OCC2c3ccccc3-c3ccccc32)cn1)NCC1(C(=O)O)CC1. The number of anilines is 1. The Kier molecular flexibility index (Phi) is 5.94. The quantitative estimate of drug-likeness (QED) is 0.458. The third kappa shape index (κ3) is 4.73. The lowest BCUT2D eigenvalue weighted by Crippen LogP contribution is -2.35. The van der Waals surface area contributed by atoms with E-state index in [1.54, 1.807) is 12.1 Å². The van der Waals surface area contributed by atoms with Crippen molar-refractivity contribution in [2.75, 3.05) is 18.5 Å². The molecule has 0 saturated heterocycles. The number of carboxylic acids is 1. The third-order valence-corrected chi connectivity index (χ3v) is 6.69. The summed E-state index contributed by atoms with van der Waals surface area (Å²) in [6.07, 6.45) is 2.07. The number of ether oxygens (including phenoxy) is 1. The van der Waals surface area contributed by atoms with Crippen LogP contribution in [0.15, 0.2) is 66.9 Å². The first-order valence-electron chi connectivity index (χ1n) is 11.5. The van der Waals surface area contributed by atoms with Crippen molar-refractivity contribution < 1.29 is 24.2 Å². The lowest BCUT2D eigenvalue weighted by atomic mass is 9.98. The van der Waals surface area contributed by atoms with Gasteiger partial charge in [-0.2, -0.15) is 0 Å². The summed E-state index contributed by atoms with van der Waals surface area (Å²) in [6.45, 7) is 0.339. The molecule has 0 unspecified atom stereocenters. The zero-order valence-electron chi connectivity index (χ0n) is 19.0. The molecule has 35 heavy (non-hydrogen) atoms. The van der Waals surface area contributed by atoms with Crippen LogP contribution in [-0.4, -0.2) is 41.2 Å². The predicted molar refractivity (Wildman–Crippen MR) is 129 cm³/mol. The molecule has 0 atom stereocenters. The number of fused-ring (bicyclic) bond motifs is 3. The Morgan fingerprint density at radius 2 is 1.63 bits per heavy atom. The van der Waals surface area contributed by atoms with E-state index >= 15 is 0 Å². The Morgan fingerprint density at radius 1 is 0.971 bits per heavy atom. The van der Waals surface area contributed by atoms with Crippen LogP contribution in [0.5, 0.6) is 0 Å². The molecule has 3 aromatic rings. The maximum Gasteiger partial charge on any atom is 0.411 e. The van der Waals surface area contributed by atoms with Gasteiger partial charge in [0, 0.05) is 18.2 Å². The summed E-state index contributed by atoms with van der Waals surface area (Å²) in [5.41, 5.74) is 4.77. The molecule has 0 aliphatic heterocycles. The van der Waals surface area contributed by atoms with Crippen molar-refractivity contribution in [1.82, 2.24) is 10.3 Å². The number of carboxylic acid groups (broad SMARTS) is 1. The lowest BCUT2D eigenvalue weighted by Gasteiger charge is -2.14. The molecule has 2 aliphatic rings. The van der Waals surface area contributed by atoms with E-state index in [1.165, 1.54) is 6.20 Å². The van der Waals surface area contributed by atoms with Crippen LogP contribution < -0.4 is 10.6 Å². The van der Waals surface area contributed by atoms with Gasteiger partial charge in [-0.25, -0.2) is 4.79 Å².